The molecule has 2 rings (SSSR count). The minimum Gasteiger partial charge on any atom is -0.345 e. The van der Waals surface area contributed by atoms with E-state index in [0.717, 1.165) is 23.9 Å². The zero-order valence-electron chi connectivity index (χ0n) is 11.3. The number of nitrogens with one attached hydrogen (secondary N) is 2. The number of hydrogen-bond donors (Lipinski definition) is 2. The highest BCUT2D eigenvalue weighted by molar-refractivity contribution is 7.94. The first-order chi connectivity index (χ1) is 9.52. The second-order valence-corrected chi connectivity index (χ2v) is 6.68. The van der Waals surface area contributed by atoms with Gasteiger partial charge in [-0.05, 0) is 37.7 Å². The van der Waals surface area contributed by atoms with E-state index in [2.05, 4.69) is 10.6 Å². The van der Waals surface area contributed by atoms with Gasteiger partial charge in [0.1, 0.15) is 0 Å². The van der Waals surface area contributed by atoms with Crippen LogP contribution in [0.2, 0.25) is 0 Å². The van der Waals surface area contributed by atoms with Crippen LogP contribution in [0.25, 0.3) is 0 Å². The van der Waals surface area contributed by atoms with E-state index in [0.29, 0.717) is 5.56 Å². The Labute approximate surface area is 119 Å². The Bertz CT molecular complexity index is 623. The molecule has 1 aliphatic rings. The molecule has 1 aromatic carbocycles. The van der Waals surface area contributed by atoms with Gasteiger partial charge < -0.3 is 10.6 Å². The molecule has 0 aromatic heterocycles. The molecule has 5 nitrogen and oxygen atoms in total. The summed E-state index contributed by atoms with van der Waals surface area (Å²) in [6, 6.07) is 6.92. The van der Waals surface area contributed by atoms with E-state index >= 15 is 0 Å². The van der Waals surface area contributed by atoms with Gasteiger partial charge in [-0.25, -0.2) is 8.42 Å². The summed E-state index contributed by atoms with van der Waals surface area (Å²) in [6.07, 6.45) is 2.27. The lowest BCUT2D eigenvalue weighted by atomic mass is 10.0. The van der Waals surface area contributed by atoms with Crippen LogP contribution in [0.5, 0.6) is 0 Å². The fourth-order valence-corrected chi connectivity index (χ4v) is 3.37. The topological polar surface area (TPSA) is 75.3 Å². The third-order valence-electron chi connectivity index (χ3n) is 3.15. The monoisotopic (exact) mass is 294 g/mol. The van der Waals surface area contributed by atoms with Crippen molar-refractivity contribution in [2.75, 3.05) is 19.3 Å². The highest BCUT2D eigenvalue weighted by Gasteiger charge is 2.24. The van der Waals surface area contributed by atoms with E-state index in [1.165, 1.54) is 6.08 Å². The normalized spacial score (nSPS) is 19.9. The molecule has 0 saturated heterocycles. The maximum atomic E-state index is 12.2. The van der Waals surface area contributed by atoms with Crippen LogP contribution in [-0.4, -0.2) is 39.7 Å². The highest BCUT2D eigenvalue weighted by Crippen LogP contribution is 2.12. The maximum Gasteiger partial charge on any atom is 0.252 e. The van der Waals surface area contributed by atoms with Crippen molar-refractivity contribution >= 4 is 15.7 Å². The smallest absolute Gasteiger partial charge is 0.252 e. The predicted octanol–water partition coefficient (Wildman–Crippen LogP) is 0.489. The number of carbonyl (C=O) groups is 1. The number of benzene rings is 1. The Kier molecular flexibility index (Phi) is 4.57. The molecule has 0 saturated carbocycles. The number of likely N-dealkylation sites (N-methyl/N-ethyl adjacent to an activating group) is 1. The second-order valence-electron chi connectivity index (χ2n) is 4.75. The molecule has 108 valence electrons. The first-order valence-electron chi connectivity index (χ1n) is 6.46. The van der Waals surface area contributed by atoms with Crippen LogP contribution in [0.4, 0.5) is 0 Å². The molecule has 0 bridgehead atoms. The first kappa shape index (κ1) is 14.7. The highest BCUT2D eigenvalue weighted by atomic mass is 32.2. The fraction of sp³-hybridized carbons (Fsp3) is 0.357. The molecular weight excluding hydrogens is 276 g/mol. The summed E-state index contributed by atoms with van der Waals surface area (Å²) in [7, 11) is -1.29. The molecule has 0 radical (unpaired) electrons. The Morgan fingerprint density at radius 3 is 2.75 bits per heavy atom. The molecular formula is C14H18N2O3S. The molecule has 0 aliphatic carbocycles. The fourth-order valence-electron chi connectivity index (χ4n) is 2.13. The number of amides is 1. The first-order valence-corrected chi connectivity index (χ1v) is 8.18. The third kappa shape index (κ3) is 3.68. The van der Waals surface area contributed by atoms with Gasteiger partial charge in [0.2, 0.25) is 0 Å². The largest absolute Gasteiger partial charge is 0.345 e. The molecule has 0 fully saturated rings. The molecule has 6 heteroatoms. The van der Waals surface area contributed by atoms with Crippen LogP contribution in [-0.2, 0) is 16.3 Å². The van der Waals surface area contributed by atoms with Gasteiger partial charge in [0, 0.05) is 11.0 Å². The molecule has 1 unspecified atom stereocenters. The van der Waals surface area contributed by atoms with Crippen LogP contribution < -0.4 is 10.6 Å². The minimum atomic E-state index is -3.15. The molecule has 20 heavy (non-hydrogen) atoms. The SMILES string of the molecule is CNCCc1ccccc1C(=O)NC1C=CS(=O)(=O)C1. The van der Waals surface area contributed by atoms with E-state index in [9.17, 15) is 13.2 Å². The van der Waals surface area contributed by atoms with E-state index in [4.69, 9.17) is 0 Å². The van der Waals surface area contributed by atoms with Gasteiger partial charge in [-0.1, -0.05) is 18.2 Å². The molecule has 2 N–H and O–H groups in total. The maximum absolute atomic E-state index is 12.2. The molecule has 1 amide bonds. The summed E-state index contributed by atoms with van der Waals surface area (Å²) in [6.45, 7) is 0.780. The third-order valence-corrected chi connectivity index (χ3v) is 4.55. The van der Waals surface area contributed by atoms with Crippen LogP contribution in [0.3, 0.4) is 0 Å². The molecule has 1 aromatic rings. The van der Waals surface area contributed by atoms with Gasteiger partial charge in [0.25, 0.3) is 5.91 Å². The van der Waals surface area contributed by atoms with Crippen LogP contribution in [0.15, 0.2) is 35.7 Å². The summed E-state index contributed by atoms with van der Waals surface area (Å²) in [5.41, 5.74) is 1.55. The summed E-state index contributed by atoms with van der Waals surface area (Å²) in [5.74, 6) is -0.291. The van der Waals surface area contributed by atoms with E-state index in [-0.39, 0.29) is 11.7 Å². The standard InChI is InChI=1S/C14H18N2O3S/c1-15-8-6-11-4-2-3-5-13(11)14(17)16-12-7-9-20(18,19)10-12/h2-5,7,9,12,15H,6,8,10H2,1H3,(H,16,17). The Morgan fingerprint density at radius 2 is 2.10 bits per heavy atom. The Morgan fingerprint density at radius 1 is 1.35 bits per heavy atom. The van der Waals surface area contributed by atoms with Crippen molar-refractivity contribution in [1.29, 1.82) is 0 Å². The van der Waals surface area contributed by atoms with Crippen molar-refractivity contribution in [3.63, 3.8) is 0 Å². The second kappa shape index (κ2) is 6.19. The lowest BCUT2D eigenvalue weighted by molar-refractivity contribution is 0.0946. The van der Waals surface area contributed by atoms with Gasteiger partial charge in [-0.3, -0.25) is 4.79 Å². The number of sulfone groups is 1. The summed E-state index contributed by atoms with van der Waals surface area (Å²) in [5, 5.41) is 6.94. The van der Waals surface area contributed by atoms with Gasteiger partial charge in [0.15, 0.2) is 9.84 Å². The number of hydrogen-bond acceptors (Lipinski definition) is 4. The lowest BCUT2D eigenvalue weighted by Crippen LogP contribution is -2.36. The lowest BCUT2D eigenvalue weighted by Gasteiger charge is -2.13. The van der Waals surface area contributed by atoms with E-state index in [1.807, 2.05) is 19.2 Å². The van der Waals surface area contributed by atoms with Gasteiger partial charge in [-0.2, -0.15) is 0 Å². The zero-order chi connectivity index (χ0) is 14.6. The molecule has 0 spiro atoms. The Balaban J connectivity index is 2.08. The minimum absolute atomic E-state index is 0.0581. The molecule has 1 atom stereocenters. The van der Waals surface area contributed by atoms with Gasteiger partial charge in [-0.15, -0.1) is 0 Å². The van der Waals surface area contributed by atoms with Crippen LogP contribution in [0, 0.1) is 0 Å². The van der Waals surface area contributed by atoms with Gasteiger partial charge >= 0.3 is 0 Å². The summed E-state index contributed by atoms with van der Waals surface area (Å²) >= 11 is 0. The van der Waals surface area contributed by atoms with Crippen molar-refractivity contribution in [2.24, 2.45) is 0 Å². The average Bonchev–Trinajstić information content (AvgIpc) is 2.76. The predicted molar refractivity (Wildman–Crippen MR) is 78.3 cm³/mol. The quantitative estimate of drug-likeness (QED) is 0.829. The van der Waals surface area contributed by atoms with Crippen molar-refractivity contribution in [2.45, 2.75) is 12.5 Å². The molecule has 1 aliphatic heterocycles. The summed E-state index contributed by atoms with van der Waals surface area (Å²) < 4.78 is 22.6. The zero-order valence-corrected chi connectivity index (χ0v) is 12.1. The Hall–Kier alpha value is -1.66. The number of carbonyl (C=O) groups excluding carboxylic acids is 1. The summed E-state index contributed by atoms with van der Waals surface area (Å²) in [4.78, 5) is 12.2. The van der Waals surface area contributed by atoms with Crippen LogP contribution in [0.1, 0.15) is 15.9 Å². The van der Waals surface area contributed by atoms with Crippen molar-refractivity contribution < 1.29 is 13.2 Å². The van der Waals surface area contributed by atoms with E-state index < -0.39 is 15.9 Å². The molecule has 1 heterocycles. The van der Waals surface area contributed by atoms with Crippen LogP contribution >= 0.6 is 0 Å². The average molecular weight is 294 g/mol. The van der Waals surface area contributed by atoms with E-state index in [1.54, 1.807) is 12.1 Å². The van der Waals surface area contributed by atoms with Crippen molar-refractivity contribution in [1.82, 2.24) is 10.6 Å². The number of rotatable bonds is 5. The van der Waals surface area contributed by atoms with Crippen molar-refractivity contribution in [3.8, 4) is 0 Å². The van der Waals surface area contributed by atoms with Gasteiger partial charge in [0.05, 0.1) is 11.8 Å². The van der Waals surface area contributed by atoms with Crippen molar-refractivity contribution in [3.05, 3.63) is 46.9 Å².